The van der Waals surface area contributed by atoms with Crippen LogP contribution in [0.15, 0.2) is 18.2 Å². The van der Waals surface area contributed by atoms with E-state index in [1.807, 2.05) is 0 Å². The van der Waals surface area contributed by atoms with Crippen molar-refractivity contribution in [3.63, 3.8) is 0 Å². The van der Waals surface area contributed by atoms with Crippen molar-refractivity contribution in [1.82, 2.24) is 5.32 Å². The molecule has 0 aliphatic carbocycles. The molecule has 1 N–H and O–H groups in total. The van der Waals surface area contributed by atoms with Crippen LogP contribution in [0, 0.1) is 5.82 Å². The molecule has 1 aromatic carbocycles. The summed E-state index contributed by atoms with van der Waals surface area (Å²) in [5.41, 5.74) is -0.0849. The van der Waals surface area contributed by atoms with Crippen molar-refractivity contribution < 1.29 is 18.8 Å². The topological polar surface area (TPSA) is 66.5 Å². The Bertz CT molecular complexity index is 497. The summed E-state index contributed by atoms with van der Waals surface area (Å²) in [5.74, 6) is -2.82. The molecule has 82 valence electrons. The maximum atomic E-state index is 13.0. The molecule has 4 amide bonds. The first kappa shape index (κ1) is 10.6. The fourth-order valence-corrected chi connectivity index (χ4v) is 1.52. The second kappa shape index (κ2) is 3.57. The highest BCUT2D eigenvalue weighted by Crippen LogP contribution is 2.23. The summed E-state index contributed by atoms with van der Waals surface area (Å²) < 4.78 is 13.0. The summed E-state index contributed by atoms with van der Waals surface area (Å²) in [6.45, 7) is 0. The Balaban J connectivity index is 2.48. The van der Waals surface area contributed by atoms with Gasteiger partial charge in [0.25, 0.3) is 0 Å². The summed E-state index contributed by atoms with van der Waals surface area (Å²) in [5, 5.41) is 1.81. The van der Waals surface area contributed by atoms with Gasteiger partial charge in [-0.2, -0.15) is 0 Å². The van der Waals surface area contributed by atoms with Crippen LogP contribution >= 0.6 is 11.6 Å². The molecule has 1 aromatic rings. The first-order valence-electron chi connectivity index (χ1n) is 4.14. The van der Waals surface area contributed by atoms with Crippen LogP contribution in [0.3, 0.4) is 0 Å². The number of rotatable bonds is 1. The third-order valence-electron chi connectivity index (χ3n) is 1.93. The highest BCUT2D eigenvalue weighted by Gasteiger charge is 2.38. The highest BCUT2D eigenvalue weighted by molar-refractivity contribution is 6.53. The van der Waals surface area contributed by atoms with Gasteiger partial charge in [-0.15, -0.1) is 0 Å². The third-order valence-corrected chi connectivity index (χ3v) is 2.14. The van der Waals surface area contributed by atoms with Gasteiger partial charge in [-0.1, -0.05) is 11.6 Å². The van der Waals surface area contributed by atoms with Crippen LogP contribution in [0.1, 0.15) is 0 Å². The summed E-state index contributed by atoms with van der Waals surface area (Å²) >= 11 is 5.57. The van der Waals surface area contributed by atoms with Crippen molar-refractivity contribution in [3.8, 4) is 0 Å². The average Bonchev–Trinajstić information content (AvgIpc) is 2.39. The molecule has 5 nitrogen and oxygen atoms in total. The zero-order chi connectivity index (χ0) is 11.9. The number of carbonyl (C=O) groups is 3. The molecule has 1 heterocycles. The number of urea groups is 1. The molecule has 1 fully saturated rings. The second-order valence-electron chi connectivity index (χ2n) is 3.03. The number of benzene rings is 1. The first-order chi connectivity index (χ1) is 7.49. The minimum absolute atomic E-state index is 0.0231. The molecule has 0 radical (unpaired) electrons. The number of halogens is 2. The molecule has 1 aliphatic rings. The maximum Gasteiger partial charge on any atom is 0.336 e. The Kier molecular flexibility index (Phi) is 2.35. The van der Waals surface area contributed by atoms with Gasteiger partial charge in [-0.3, -0.25) is 14.9 Å². The molecule has 0 unspecified atom stereocenters. The minimum Gasteiger partial charge on any atom is -0.269 e. The van der Waals surface area contributed by atoms with Crippen LogP contribution in [-0.2, 0) is 9.59 Å². The monoisotopic (exact) mass is 242 g/mol. The van der Waals surface area contributed by atoms with Crippen molar-refractivity contribution in [2.24, 2.45) is 0 Å². The largest absolute Gasteiger partial charge is 0.336 e. The van der Waals surface area contributed by atoms with E-state index in [9.17, 15) is 18.8 Å². The van der Waals surface area contributed by atoms with Crippen LogP contribution in [0.5, 0.6) is 0 Å². The van der Waals surface area contributed by atoms with Crippen molar-refractivity contribution in [1.29, 1.82) is 0 Å². The van der Waals surface area contributed by atoms with Gasteiger partial charge in [0, 0.05) is 5.02 Å². The number of imide groups is 2. The maximum absolute atomic E-state index is 13.0. The van der Waals surface area contributed by atoms with E-state index in [0.717, 1.165) is 12.1 Å². The van der Waals surface area contributed by atoms with Crippen molar-refractivity contribution in [2.75, 3.05) is 4.90 Å². The smallest absolute Gasteiger partial charge is 0.269 e. The Hall–Kier alpha value is -1.95. The lowest BCUT2D eigenvalue weighted by Crippen LogP contribution is -2.30. The quantitative estimate of drug-likeness (QED) is 0.592. The minimum atomic E-state index is -1.06. The molecule has 0 aromatic heterocycles. The van der Waals surface area contributed by atoms with E-state index < -0.39 is 23.7 Å². The molecule has 0 bridgehead atoms. The van der Waals surface area contributed by atoms with Crippen LogP contribution in [0.25, 0.3) is 0 Å². The van der Waals surface area contributed by atoms with Crippen molar-refractivity contribution in [3.05, 3.63) is 29.0 Å². The van der Waals surface area contributed by atoms with Crippen molar-refractivity contribution in [2.45, 2.75) is 0 Å². The summed E-state index contributed by atoms with van der Waals surface area (Å²) in [4.78, 5) is 33.9. The molecule has 0 spiro atoms. The number of amides is 4. The predicted octanol–water partition coefficient (Wildman–Crippen LogP) is 1.06. The van der Waals surface area contributed by atoms with Crippen LogP contribution < -0.4 is 10.2 Å². The van der Waals surface area contributed by atoms with E-state index in [-0.39, 0.29) is 10.7 Å². The summed E-state index contributed by atoms with van der Waals surface area (Å²) in [7, 11) is 0. The third kappa shape index (κ3) is 1.63. The Morgan fingerprint density at radius 2 is 1.88 bits per heavy atom. The van der Waals surface area contributed by atoms with Gasteiger partial charge in [-0.05, 0) is 18.2 Å². The van der Waals surface area contributed by atoms with E-state index in [2.05, 4.69) is 0 Å². The Labute approximate surface area is 93.8 Å². The highest BCUT2D eigenvalue weighted by atomic mass is 35.5. The van der Waals surface area contributed by atoms with Gasteiger partial charge in [0.1, 0.15) is 5.82 Å². The molecular weight excluding hydrogens is 239 g/mol. The summed E-state index contributed by atoms with van der Waals surface area (Å²) in [6.07, 6.45) is 0. The second-order valence-corrected chi connectivity index (χ2v) is 3.46. The van der Waals surface area contributed by atoms with Gasteiger partial charge in [0.05, 0.1) is 5.69 Å². The standard InChI is InChI=1S/C9H4ClFN2O3/c10-4-1-5(11)3-6(2-4)13-8(15)7(14)12-9(13)16/h1-3H,(H,12,14,16). The molecule has 0 saturated carbocycles. The predicted molar refractivity (Wildman–Crippen MR) is 52.4 cm³/mol. The molecule has 16 heavy (non-hydrogen) atoms. The molecule has 7 heteroatoms. The van der Waals surface area contributed by atoms with Crippen LogP contribution in [0.4, 0.5) is 14.9 Å². The normalized spacial score (nSPS) is 15.6. The SMILES string of the molecule is O=C1NC(=O)N(c2cc(F)cc(Cl)c2)C1=O. The van der Waals surface area contributed by atoms with E-state index in [4.69, 9.17) is 11.6 Å². The molecule has 1 saturated heterocycles. The van der Waals surface area contributed by atoms with Gasteiger partial charge in [0.2, 0.25) is 0 Å². The van der Waals surface area contributed by atoms with E-state index in [0.29, 0.717) is 4.90 Å². The number of nitrogens with one attached hydrogen (secondary N) is 1. The number of carbonyl (C=O) groups excluding carboxylic acids is 3. The van der Waals surface area contributed by atoms with Crippen LogP contribution in [-0.4, -0.2) is 17.8 Å². The van der Waals surface area contributed by atoms with E-state index >= 15 is 0 Å². The zero-order valence-electron chi connectivity index (χ0n) is 7.66. The summed E-state index contributed by atoms with van der Waals surface area (Å²) in [6, 6.07) is 2.24. The Morgan fingerprint density at radius 3 is 2.38 bits per heavy atom. The van der Waals surface area contributed by atoms with Gasteiger partial charge < -0.3 is 0 Å². The fraction of sp³-hybridized carbons (Fsp3) is 0. The van der Waals surface area contributed by atoms with Crippen molar-refractivity contribution >= 4 is 35.1 Å². The molecule has 2 rings (SSSR count). The Morgan fingerprint density at radius 1 is 1.19 bits per heavy atom. The van der Waals surface area contributed by atoms with E-state index in [1.54, 1.807) is 5.32 Å². The number of nitrogens with zero attached hydrogens (tertiary/aromatic N) is 1. The van der Waals surface area contributed by atoms with Crippen LogP contribution in [0.2, 0.25) is 5.02 Å². The van der Waals surface area contributed by atoms with Gasteiger partial charge in [0.15, 0.2) is 0 Å². The number of hydrogen-bond acceptors (Lipinski definition) is 3. The zero-order valence-corrected chi connectivity index (χ0v) is 8.42. The fourth-order valence-electron chi connectivity index (χ4n) is 1.30. The van der Waals surface area contributed by atoms with E-state index in [1.165, 1.54) is 6.07 Å². The van der Waals surface area contributed by atoms with Gasteiger partial charge in [-0.25, -0.2) is 14.1 Å². The first-order valence-corrected chi connectivity index (χ1v) is 4.52. The van der Waals surface area contributed by atoms with Gasteiger partial charge >= 0.3 is 17.8 Å². The number of hydrogen-bond donors (Lipinski definition) is 1. The lowest BCUT2D eigenvalue weighted by atomic mass is 10.3. The number of anilines is 1. The lowest BCUT2D eigenvalue weighted by Gasteiger charge is -2.11. The molecular formula is C9H4ClFN2O3. The lowest BCUT2D eigenvalue weighted by molar-refractivity contribution is -0.134. The molecule has 0 atom stereocenters. The average molecular weight is 243 g/mol. The molecule has 1 aliphatic heterocycles.